The molecule has 6 nitrogen and oxygen atoms in total. The lowest BCUT2D eigenvalue weighted by Crippen LogP contribution is -2.45. The van der Waals surface area contributed by atoms with E-state index in [0.717, 1.165) is 44.9 Å². The van der Waals surface area contributed by atoms with Crippen LogP contribution in [0.5, 0.6) is 0 Å². The van der Waals surface area contributed by atoms with E-state index in [0.29, 0.717) is 25.9 Å². The molecule has 0 aromatic rings. The van der Waals surface area contributed by atoms with E-state index in [1.165, 1.54) is 302 Å². The van der Waals surface area contributed by atoms with Crippen molar-refractivity contribution in [3.8, 4) is 0 Å². The molecule has 0 aliphatic heterocycles. The van der Waals surface area contributed by atoms with Crippen LogP contribution in [0.3, 0.4) is 0 Å². The van der Waals surface area contributed by atoms with Crippen molar-refractivity contribution in [2.24, 2.45) is 0 Å². The van der Waals surface area contributed by atoms with Crippen LogP contribution in [0.15, 0.2) is 12.2 Å². The van der Waals surface area contributed by atoms with Gasteiger partial charge in [0.25, 0.3) is 0 Å². The zero-order chi connectivity index (χ0) is 52.9. The third-order valence-electron chi connectivity index (χ3n) is 15.8. The van der Waals surface area contributed by atoms with Gasteiger partial charge in [-0.15, -0.1) is 0 Å². The van der Waals surface area contributed by atoms with Gasteiger partial charge in [-0.05, 0) is 51.4 Å². The molecule has 73 heavy (non-hydrogen) atoms. The lowest BCUT2D eigenvalue weighted by Gasteiger charge is -2.22. The molecule has 0 heterocycles. The molecule has 2 unspecified atom stereocenters. The second-order valence-corrected chi connectivity index (χ2v) is 23.2. The Kier molecular flexibility index (Phi) is 61.9. The average Bonchev–Trinajstić information content (AvgIpc) is 3.39. The Morgan fingerprint density at radius 1 is 0.370 bits per heavy atom. The fourth-order valence-electron chi connectivity index (χ4n) is 10.7. The molecule has 0 rings (SSSR count). The number of esters is 1. The van der Waals surface area contributed by atoms with Gasteiger partial charge in [-0.3, -0.25) is 9.59 Å². The number of unbranched alkanes of at least 4 members (excludes halogenated alkanes) is 50. The zero-order valence-electron chi connectivity index (χ0n) is 49.6. The molecule has 434 valence electrons. The molecule has 0 aliphatic rings. The van der Waals surface area contributed by atoms with Crippen molar-refractivity contribution in [2.75, 3.05) is 13.2 Å². The molecule has 0 aromatic heterocycles. The first-order chi connectivity index (χ1) is 36.0. The van der Waals surface area contributed by atoms with Crippen LogP contribution < -0.4 is 5.32 Å². The Hall–Kier alpha value is -1.40. The Bertz CT molecular complexity index is 1100. The summed E-state index contributed by atoms with van der Waals surface area (Å²) in [6.07, 6.45) is 76.7. The van der Waals surface area contributed by atoms with Gasteiger partial charge in [0.15, 0.2) is 0 Å². The lowest BCUT2D eigenvalue weighted by molar-refractivity contribution is -0.143. The van der Waals surface area contributed by atoms with Crippen molar-refractivity contribution in [2.45, 2.75) is 392 Å². The monoisotopic (exact) mass is 1030 g/mol. The maximum atomic E-state index is 12.5. The number of allylic oxidation sites excluding steroid dienone is 2. The van der Waals surface area contributed by atoms with E-state index in [9.17, 15) is 19.8 Å². The largest absolute Gasteiger partial charge is 0.466 e. The molecule has 0 aliphatic carbocycles. The molecule has 1 amide bonds. The molecule has 0 bridgehead atoms. The third-order valence-corrected chi connectivity index (χ3v) is 15.8. The Morgan fingerprint density at radius 2 is 0.644 bits per heavy atom. The van der Waals surface area contributed by atoms with E-state index in [2.05, 4.69) is 31.3 Å². The minimum absolute atomic E-state index is 0.00847. The first kappa shape index (κ1) is 71.6. The second kappa shape index (κ2) is 63.1. The number of amides is 1. The molecule has 0 aromatic carbocycles. The van der Waals surface area contributed by atoms with E-state index in [1.54, 1.807) is 0 Å². The molecular formula is C67H131NO5. The third kappa shape index (κ3) is 59.7. The number of hydrogen-bond donors (Lipinski definition) is 3. The zero-order valence-corrected chi connectivity index (χ0v) is 49.6. The predicted molar refractivity (Wildman–Crippen MR) is 320 cm³/mol. The van der Waals surface area contributed by atoms with E-state index in [1.807, 2.05) is 0 Å². The summed E-state index contributed by atoms with van der Waals surface area (Å²) < 4.78 is 5.49. The first-order valence-electron chi connectivity index (χ1n) is 33.4. The van der Waals surface area contributed by atoms with E-state index < -0.39 is 12.1 Å². The highest BCUT2D eigenvalue weighted by atomic mass is 16.5. The average molecular weight is 1030 g/mol. The molecular weight excluding hydrogens is 899 g/mol. The Balaban J connectivity index is 3.36. The van der Waals surface area contributed by atoms with Gasteiger partial charge in [0, 0.05) is 12.8 Å². The minimum atomic E-state index is -0.663. The topological polar surface area (TPSA) is 95.9 Å². The second-order valence-electron chi connectivity index (χ2n) is 23.2. The fourth-order valence-corrected chi connectivity index (χ4v) is 10.7. The lowest BCUT2D eigenvalue weighted by atomic mass is 10.0. The molecule has 0 fully saturated rings. The van der Waals surface area contributed by atoms with Gasteiger partial charge in [0.1, 0.15) is 0 Å². The van der Waals surface area contributed by atoms with Crippen LogP contribution in [0.25, 0.3) is 0 Å². The first-order valence-corrected chi connectivity index (χ1v) is 33.4. The molecule has 6 heteroatoms. The number of ether oxygens (including phenoxy) is 1. The number of carbonyl (C=O) groups excluding carboxylic acids is 2. The predicted octanol–water partition coefficient (Wildman–Crippen LogP) is 21.2. The summed E-state index contributed by atoms with van der Waals surface area (Å²) in [7, 11) is 0. The van der Waals surface area contributed by atoms with Crippen LogP contribution in [0.1, 0.15) is 380 Å². The fraction of sp³-hybridized carbons (Fsp3) is 0.940. The van der Waals surface area contributed by atoms with Gasteiger partial charge in [0.05, 0.1) is 25.4 Å². The van der Waals surface area contributed by atoms with Gasteiger partial charge in [-0.1, -0.05) is 328 Å². The number of rotatable bonds is 63. The van der Waals surface area contributed by atoms with E-state index in [-0.39, 0.29) is 18.5 Å². The van der Waals surface area contributed by atoms with Gasteiger partial charge in [-0.25, -0.2) is 0 Å². The SMILES string of the molecule is CCCCCCCC/C=C\CCCCCCCC(=O)OCCCCCCCCCCCCCCCCCCCCCCCCCCC(=O)NC(CO)C(O)CCCCCCCCCCCCCCCCCCC. The molecule has 0 radical (unpaired) electrons. The van der Waals surface area contributed by atoms with Crippen molar-refractivity contribution < 1.29 is 24.5 Å². The van der Waals surface area contributed by atoms with Crippen molar-refractivity contribution in [3.05, 3.63) is 12.2 Å². The summed E-state index contributed by atoms with van der Waals surface area (Å²) in [5.41, 5.74) is 0. The smallest absolute Gasteiger partial charge is 0.305 e. The Morgan fingerprint density at radius 3 is 0.973 bits per heavy atom. The molecule has 3 N–H and O–H groups in total. The van der Waals surface area contributed by atoms with E-state index >= 15 is 0 Å². The van der Waals surface area contributed by atoms with Crippen LogP contribution in [-0.2, 0) is 14.3 Å². The van der Waals surface area contributed by atoms with Crippen LogP contribution in [0, 0.1) is 0 Å². The summed E-state index contributed by atoms with van der Waals surface area (Å²) >= 11 is 0. The van der Waals surface area contributed by atoms with Crippen LogP contribution in [0.2, 0.25) is 0 Å². The molecule has 0 saturated heterocycles. The number of carbonyl (C=O) groups is 2. The van der Waals surface area contributed by atoms with Gasteiger partial charge >= 0.3 is 5.97 Å². The van der Waals surface area contributed by atoms with Crippen LogP contribution in [-0.4, -0.2) is 47.4 Å². The molecule has 0 spiro atoms. The maximum absolute atomic E-state index is 12.5. The molecule has 0 saturated carbocycles. The standard InChI is InChI=1S/C67H131NO5/c1-3-5-7-9-11-13-15-17-19-28-32-35-39-43-47-51-55-59-65(70)64(63-69)68-66(71)60-56-52-48-44-40-36-33-29-26-24-22-20-21-23-25-27-30-34-38-42-46-50-54-58-62-73-67(72)61-57-53-49-45-41-37-31-18-16-14-12-10-8-6-4-2/h18,31,64-65,69-70H,3-17,19-30,32-63H2,1-2H3,(H,68,71)/b31-18-. The van der Waals surface area contributed by atoms with Gasteiger partial charge < -0.3 is 20.3 Å². The number of aliphatic hydroxyl groups is 2. The van der Waals surface area contributed by atoms with Crippen molar-refractivity contribution in [1.82, 2.24) is 5.32 Å². The highest BCUT2D eigenvalue weighted by molar-refractivity contribution is 5.76. The summed E-state index contributed by atoms with van der Waals surface area (Å²) in [6.45, 7) is 4.98. The van der Waals surface area contributed by atoms with Gasteiger partial charge in [-0.2, -0.15) is 0 Å². The van der Waals surface area contributed by atoms with Gasteiger partial charge in [0.2, 0.25) is 5.91 Å². The van der Waals surface area contributed by atoms with Crippen molar-refractivity contribution in [3.63, 3.8) is 0 Å². The highest BCUT2D eigenvalue weighted by Crippen LogP contribution is 2.19. The summed E-state index contributed by atoms with van der Waals surface area (Å²) in [5, 5.41) is 23.4. The number of aliphatic hydroxyl groups excluding tert-OH is 2. The van der Waals surface area contributed by atoms with Crippen molar-refractivity contribution >= 4 is 11.9 Å². The quantitative estimate of drug-likeness (QED) is 0.0320. The summed E-state index contributed by atoms with van der Waals surface area (Å²) in [6, 6.07) is -0.540. The summed E-state index contributed by atoms with van der Waals surface area (Å²) in [4.78, 5) is 24.6. The normalized spacial score (nSPS) is 12.5. The van der Waals surface area contributed by atoms with Crippen molar-refractivity contribution in [1.29, 1.82) is 0 Å². The Labute approximate surface area is 457 Å². The van der Waals surface area contributed by atoms with Crippen LogP contribution in [0.4, 0.5) is 0 Å². The number of hydrogen-bond acceptors (Lipinski definition) is 5. The number of nitrogens with one attached hydrogen (secondary N) is 1. The van der Waals surface area contributed by atoms with Crippen LogP contribution >= 0.6 is 0 Å². The highest BCUT2D eigenvalue weighted by Gasteiger charge is 2.20. The van der Waals surface area contributed by atoms with E-state index in [4.69, 9.17) is 4.74 Å². The minimum Gasteiger partial charge on any atom is -0.466 e. The summed E-state index contributed by atoms with van der Waals surface area (Å²) in [5.74, 6) is -0.0218. The molecule has 2 atom stereocenters. The maximum Gasteiger partial charge on any atom is 0.305 e.